The van der Waals surface area contributed by atoms with Gasteiger partial charge in [-0.25, -0.2) is 12.8 Å². The van der Waals surface area contributed by atoms with E-state index in [4.69, 9.17) is 11.6 Å². The van der Waals surface area contributed by atoms with Crippen LogP contribution in [-0.4, -0.2) is 50.5 Å². The lowest BCUT2D eigenvalue weighted by atomic mass is 10.1. The number of sulfonamides is 1. The molecule has 0 saturated carbocycles. The molecule has 0 bridgehead atoms. The first kappa shape index (κ1) is 27.6. The van der Waals surface area contributed by atoms with Crippen LogP contribution in [-0.2, 0) is 26.2 Å². The van der Waals surface area contributed by atoms with Crippen molar-refractivity contribution in [2.75, 3.05) is 23.7 Å². The Hall–Kier alpha value is -2.65. The van der Waals surface area contributed by atoms with Gasteiger partial charge in [-0.15, -0.1) is 0 Å². The molecule has 1 atom stereocenters. The molecule has 0 aliphatic heterocycles. The minimum Gasteiger partial charge on any atom is -0.354 e. The predicted molar refractivity (Wildman–Crippen MR) is 133 cm³/mol. The van der Waals surface area contributed by atoms with E-state index in [1.165, 1.54) is 11.0 Å². The molecule has 0 fully saturated rings. The minimum atomic E-state index is -3.92. The van der Waals surface area contributed by atoms with Crippen LogP contribution in [0, 0.1) is 12.7 Å². The first-order valence-electron chi connectivity index (χ1n) is 11.0. The molecule has 0 aliphatic carbocycles. The third-order valence-electron chi connectivity index (χ3n) is 5.41. The summed E-state index contributed by atoms with van der Waals surface area (Å²) >= 11 is 5.85. The molecule has 2 amide bonds. The standard InChI is InChI=1S/C24H31ClFN3O4S/c1-5-13-27-24(31)22(6-2)28(15-18-10-8-7-9-17(18)3)23(30)16-29(34(4,32)33)19-11-12-21(26)20(25)14-19/h7-12,14,22H,5-6,13,15-16H2,1-4H3,(H,27,31). The Morgan fingerprint density at radius 1 is 1.15 bits per heavy atom. The molecule has 0 spiro atoms. The molecule has 1 unspecified atom stereocenters. The number of carbonyl (C=O) groups excluding carboxylic acids is 2. The summed E-state index contributed by atoms with van der Waals surface area (Å²) in [6.45, 7) is 5.65. The highest BCUT2D eigenvalue weighted by Crippen LogP contribution is 2.25. The lowest BCUT2D eigenvalue weighted by Gasteiger charge is -2.33. The summed E-state index contributed by atoms with van der Waals surface area (Å²) in [6, 6.07) is 10.1. The topological polar surface area (TPSA) is 86.8 Å². The van der Waals surface area contributed by atoms with Crippen molar-refractivity contribution in [1.82, 2.24) is 10.2 Å². The van der Waals surface area contributed by atoms with Crippen LogP contribution in [0.4, 0.5) is 10.1 Å². The van der Waals surface area contributed by atoms with Gasteiger partial charge in [-0.1, -0.05) is 49.7 Å². The van der Waals surface area contributed by atoms with Gasteiger partial charge in [-0.2, -0.15) is 0 Å². The minimum absolute atomic E-state index is 0.0570. The van der Waals surface area contributed by atoms with E-state index >= 15 is 0 Å². The van der Waals surface area contributed by atoms with Gasteiger partial charge in [0.1, 0.15) is 18.4 Å². The van der Waals surface area contributed by atoms with Crippen molar-refractivity contribution in [3.8, 4) is 0 Å². The predicted octanol–water partition coefficient (Wildman–Crippen LogP) is 3.89. The number of nitrogens with one attached hydrogen (secondary N) is 1. The second-order valence-electron chi connectivity index (χ2n) is 8.03. The molecule has 0 radical (unpaired) electrons. The van der Waals surface area contributed by atoms with Crippen molar-refractivity contribution in [2.24, 2.45) is 0 Å². The zero-order valence-corrected chi connectivity index (χ0v) is 21.4. The van der Waals surface area contributed by atoms with Crippen molar-refractivity contribution in [3.05, 3.63) is 64.4 Å². The number of aryl methyl sites for hydroxylation is 1. The molecule has 0 aliphatic rings. The average molecular weight is 512 g/mol. The Kier molecular flexibility index (Phi) is 9.88. The van der Waals surface area contributed by atoms with Crippen molar-refractivity contribution in [2.45, 2.75) is 46.2 Å². The maximum atomic E-state index is 13.7. The summed E-state index contributed by atoms with van der Waals surface area (Å²) in [5, 5.41) is 2.56. The summed E-state index contributed by atoms with van der Waals surface area (Å²) < 4.78 is 39.6. The molecular formula is C24H31ClFN3O4S. The van der Waals surface area contributed by atoms with E-state index in [1.54, 1.807) is 6.92 Å². The first-order valence-corrected chi connectivity index (χ1v) is 13.3. The van der Waals surface area contributed by atoms with Crippen LogP contribution < -0.4 is 9.62 Å². The summed E-state index contributed by atoms with van der Waals surface area (Å²) in [5.74, 6) is -1.57. The quantitative estimate of drug-likeness (QED) is 0.496. The van der Waals surface area contributed by atoms with E-state index in [-0.39, 0.29) is 23.2 Å². The van der Waals surface area contributed by atoms with Crippen LogP contribution in [0.2, 0.25) is 5.02 Å². The first-order chi connectivity index (χ1) is 16.0. The summed E-state index contributed by atoms with van der Waals surface area (Å²) in [5.41, 5.74) is 1.84. The van der Waals surface area contributed by atoms with Gasteiger partial charge in [-0.05, 0) is 49.1 Å². The summed E-state index contributed by atoms with van der Waals surface area (Å²) in [7, 11) is -3.92. The van der Waals surface area contributed by atoms with Gasteiger partial charge in [0.05, 0.1) is 17.0 Å². The Labute approximate surface area is 205 Å². The van der Waals surface area contributed by atoms with Gasteiger partial charge < -0.3 is 10.2 Å². The molecule has 0 aromatic heterocycles. The van der Waals surface area contributed by atoms with Gasteiger partial charge in [0.15, 0.2) is 0 Å². The second-order valence-corrected chi connectivity index (χ2v) is 10.3. The van der Waals surface area contributed by atoms with Gasteiger partial charge in [0.2, 0.25) is 21.8 Å². The fourth-order valence-electron chi connectivity index (χ4n) is 3.51. The average Bonchev–Trinajstić information content (AvgIpc) is 2.78. The monoisotopic (exact) mass is 511 g/mol. The van der Waals surface area contributed by atoms with E-state index in [1.807, 2.05) is 38.1 Å². The van der Waals surface area contributed by atoms with E-state index in [0.29, 0.717) is 13.0 Å². The molecule has 7 nitrogen and oxygen atoms in total. The van der Waals surface area contributed by atoms with Crippen molar-refractivity contribution >= 4 is 39.1 Å². The van der Waals surface area contributed by atoms with Gasteiger partial charge in [0, 0.05) is 13.1 Å². The smallest absolute Gasteiger partial charge is 0.244 e. The molecular weight excluding hydrogens is 481 g/mol. The van der Waals surface area contributed by atoms with E-state index in [0.717, 1.165) is 40.2 Å². The summed E-state index contributed by atoms with van der Waals surface area (Å²) in [6.07, 6.45) is 2.03. The Morgan fingerprint density at radius 3 is 2.38 bits per heavy atom. The number of carbonyl (C=O) groups is 2. The second kappa shape index (κ2) is 12.2. The maximum absolute atomic E-state index is 13.7. The molecule has 0 saturated heterocycles. The SMILES string of the molecule is CCCNC(=O)C(CC)N(Cc1ccccc1C)C(=O)CN(c1ccc(F)c(Cl)c1)S(C)(=O)=O. The van der Waals surface area contributed by atoms with E-state index in [9.17, 15) is 22.4 Å². The number of benzene rings is 2. The molecule has 186 valence electrons. The lowest BCUT2D eigenvalue weighted by Crippen LogP contribution is -2.52. The van der Waals surface area contributed by atoms with Crippen LogP contribution in [0.3, 0.4) is 0 Å². The largest absolute Gasteiger partial charge is 0.354 e. The highest BCUT2D eigenvalue weighted by molar-refractivity contribution is 7.92. The third-order valence-corrected chi connectivity index (χ3v) is 6.84. The van der Waals surface area contributed by atoms with Crippen LogP contribution >= 0.6 is 11.6 Å². The zero-order valence-electron chi connectivity index (χ0n) is 19.8. The maximum Gasteiger partial charge on any atom is 0.244 e. The Bertz CT molecular complexity index is 1130. The number of anilines is 1. The van der Waals surface area contributed by atoms with E-state index < -0.39 is 34.3 Å². The Morgan fingerprint density at radius 2 is 1.82 bits per heavy atom. The fraction of sp³-hybridized carbons (Fsp3) is 0.417. The fourth-order valence-corrected chi connectivity index (χ4v) is 4.53. The van der Waals surface area contributed by atoms with Crippen LogP contribution in [0.25, 0.3) is 0 Å². The molecule has 0 heterocycles. The molecule has 1 N–H and O–H groups in total. The van der Waals surface area contributed by atoms with Crippen molar-refractivity contribution < 1.29 is 22.4 Å². The van der Waals surface area contributed by atoms with E-state index in [2.05, 4.69) is 5.32 Å². The molecule has 2 aromatic rings. The van der Waals surface area contributed by atoms with Crippen molar-refractivity contribution in [3.63, 3.8) is 0 Å². The van der Waals surface area contributed by atoms with Crippen LogP contribution in [0.5, 0.6) is 0 Å². The molecule has 2 rings (SSSR count). The molecule has 2 aromatic carbocycles. The van der Waals surface area contributed by atoms with Gasteiger partial charge in [-0.3, -0.25) is 13.9 Å². The molecule has 34 heavy (non-hydrogen) atoms. The lowest BCUT2D eigenvalue weighted by molar-refractivity contribution is -0.140. The molecule has 10 heteroatoms. The number of rotatable bonds is 11. The van der Waals surface area contributed by atoms with Crippen LogP contribution in [0.1, 0.15) is 37.8 Å². The number of hydrogen-bond acceptors (Lipinski definition) is 4. The summed E-state index contributed by atoms with van der Waals surface area (Å²) in [4.78, 5) is 27.8. The third kappa shape index (κ3) is 7.17. The number of nitrogens with zero attached hydrogens (tertiary/aromatic N) is 2. The van der Waals surface area contributed by atoms with Gasteiger partial charge >= 0.3 is 0 Å². The number of halogens is 2. The zero-order chi connectivity index (χ0) is 25.5. The van der Waals surface area contributed by atoms with Crippen molar-refractivity contribution in [1.29, 1.82) is 0 Å². The highest BCUT2D eigenvalue weighted by Gasteiger charge is 2.32. The van der Waals surface area contributed by atoms with Crippen LogP contribution in [0.15, 0.2) is 42.5 Å². The number of amides is 2. The van der Waals surface area contributed by atoms with Gasteiger partial charge in [0.25, 0.3) is 0 Å². The highest BCUT2D eigenvalue weighted by atomic mass is 35.5. The normalized spacial score (nSPS) is 12.2. The number of hydrogen-bond donors (Lipinski definition) is 1. The Balaban J connectivity index is 2.46.